The maximum absolute atomic E-state index is 13.3. The molecule has 5 nitrogen and oxygen atoms in total. The van der Waals surface area contributed by atoms with Gasteiger partial charge in [0.25, 0.3) is 5.91 Å². The summed E-state index contributed by atoms with van der Waals surface area (Å²) in [5.41, 5.74) is 1.69. The van der Waals surface area contributed by atoms with E-state index in [-0.39, 0.29) is 24.0 Å². The largest absolute Gasteiger partial charge is 0.483 e. The third-order valence-corrected chi connectivity index (χ3v) is 5.20. The van der Waals surface area contributed by atoms with Crippen LogP contribution in [0.25, 0.3) is 10.8 Å². The Morgan fingerprint density at radius 2 is 1.69 bits per heavy atom. The topological polar surface area (TPSA) is 58.6 Å². The van der Waals surface area contributed by atoms with E-state index in [1.165, 1.54) is 0 Å². The van der Waals surface area contributed by atoms with Crippen LogP contribution in [-0.2, 0) is 16.1 Å². The fourth-order valence-electron chi connectivity index (χ4n) is 3.61. The van der Waals surface area contributed by atoms with E-state index in [1.807, 2.05) is 94.4 Å². The summed E-state index contributed by atoms with van der Waals surface area (Å²) >= 11 is 0. The van der Waals surface area contributed by atoms with Gasteiger partial charge in [0.2, 0.25) is 5.91 Å². The highest BCUT2D eigenvalue weighted by Crippen LogP contribution is 2.25. The van der Waals surface area contributed by atoms with Crippen LogP contribution in [0.3, 0.4) is 0 Å². The number of amides is 2. The molecule has 168 valence electrons. The lowest BCUT2D eigenvalue weighted by molar-refractivity contribution is -0.142. The average Bonchev–Trinajstić information content (AvgIpc) is 2.74. The molecule has 0 bridgehead atoms. The minimum Gasteiger partial charge on any atom is -0.483 e. The Hall–Kier alpha value is -3.34. The molecule has 32 heavy (non-hydrogen) atoms. The lowest BCUT2D eigenvalue weighted by Gasteiger charge is -2.31. The van der Waals surface area contributed by atoms with Crippen molar-refractivity contribution in [2.45, 2.75) is 52.7 Å². The SMILES string of the molecule is Cc1cccc(CN(C(=O)COc2cccc3ccccc23)C(C)C(=O)NC(C)(C)C)c1. The van der Waals surface area contributed by atoms with E-state index >= 15 is 0 Å². The van der Waals surface area contributed by atoms with Crippen LogP contribution >= 0.6 is 0 Å². The number of carbonyl (C=O) groups excluding carboxylic acids is 2. The van der Waals surface area contributed by atoms with Crippen molar-refractivity contribution in [1.82, 2.24) is 10.2 Å². The van der Waals surface area contributed by atoms with Crippen LogP contribution in [0.4, 0.5) is 0 Å². The first-order valence-electron chi connectivity index (χ1n) is 10.9. The van der Waals surface area contributed by atoms with E-state index in [0.717, 1.165) is 21.9 Å². The van der Waals surface area contributed by atoms with Gasteiger partial charge in [-0.3, -0.25) is 9.59 Å². The molecule has 0 fully saturated rings. The van der Waals surface area contributed by atoms with Crippen molar-refractivity contribution in [3.05, 3.63) is 77.9 Å². The average molecular weight is 433 g/mol. The molecule has 0 aliphatic carbocycles. The van der Waals surface area contributed by atoms with Crippen LogP contribution in [-0.4, -0.2) is 34.9 Å². The maximum atomic E-state index is 13.3. The number of benzene rings is 3. The second kappa shape index (κ2) is 9.86. The molecule has 0 spiro atoms. The highest BCUT2D eigenvalue weighted by atomic mass is 16.5. The summed E-state index contributed by atoms with van der Waals surface area (Å²) in [6.07, 6.45) is 0. The van der Waals surface area contributed by atoms with Crippen LogP contribution in [0, 0.1) is 6.92 Å². The molecule has 0 aliphatic rings. The molecule has 0 saturated carbocycles. The normalized spacial score (nSPS) is 12.3. The number of fused-ring (bicyclic) bond motifs is 1. The van der Waals surface area contributed by atoms with E-state index in [2.05, 4.69) is 5.32 Å². The molecule has 5 heteroatoms. The number of ether oxygens (including phenoxy) is 1. The molecular weight excluding hydrogens is 400 g/mol. The van der Waals surface area contributed by atoms with Crippen molar-refractivity contribution >= 4 is 22.6 Å². The first-order chi connectivity index (χ1) is 15.1. The third-order valence-electron chi connectivity index (χ3n) is 5.20. The van der Waals surface area contributed by atoms with Crippen LogP contribution in [0.5, 0.6) is 5.75 Å². The second-order valence-corrected chi connectivity index (χ2v) is 9.19. The van der Waals surface area contributed by atoms with Gasteiger partial charge in [-0.1, -0.05) is 66.2 Å². The standard InChI is InChI=1S/C27H32N2O3/c1-19-10-8-11-21(16-19)17-29(20(2)26(31)28-27(3,4)5)25(30)18-32-24-15-9-13-22-12-6-7-14-23(22)24/h6-16,20H,17-18H2,1-5H3,(H,28,31). The minimum atomic E-state index is -0.640. The van der Waals surface area contributed by atoms with Crippen LogP contribution in [0.15, 0.2) is 66.7 Å². The van der Waals surface area contributed by atoms with E-state index in [1.54, 1.807) is 11.8 Å². The molecule has 3 rings (SSSR count). The third kappa shape index (κ3) is 6.10. The molecule has 0 saturated heterocycles. The van der Waals surface area contributed by atoms with Crippen molar-refractivity contribution in [3.63, 3.8) is 0 Å². The Morgan fingerprint density at radius 1 is 1.00 bits per heavy atom. The van der Waals surface area contributed by atoms with Crippen molar-refractivity contribution in [2.24, 2.45) is 0 Å². The summed E-state index contributed by atoms with van der Waals surface area (Å²) in [4.78, 5) is 27.7. The van der Waals surface area contributed by atoms with Crippen molar-refractivity contribution in [1.29, 1.82) is 0 Å². The molecule has 3 aromatic carbocycles. The van der Waals surface area contributed by atoms with Crippen molar-refractivity contribution in [2.75, 3.05) is 6.61 Å². The number of rotatable bonds is 7. The summed E-state index contributed by atoms with van der Waals surface area (Å²) in [5.74, 6) is 0.221. The van der Waals surface area contributed by atoms with Gasteiger partial charge in [0.05, 0.1) is 0 Å². The smallest absolute Gasteiger partial charge is 0.261 e. The summed E-state index contributed by atoms with van der Waals surface area (Å²) in [6, 6.07) is 21.0. The van der Waals surface area contributed by atoms with Gasteiger partial charge in [-0.25, -0.2) is 0 Å². The van der Waals surface area contributed by atoms with Crippen molar-refractivity contribution in [3.8, 4) is 5.75 Å². The number of aryl methyl sites for hydroxylation is 1. The van der Waals surface area contributed by atoms with Gasteiger partial charge in [0.1, 0.15) is 11.8 Å². The predicted molar refractivity (Wildman–Crippen MR) is 129 cm³/mol. The Bertz CT molecular complexity index is 1100. The molecule has 1 N–H and O–H groups in total. The number of hydrogen-bond acceptors (Lipinski definition) is 3. The summed E-state index contributed by atoms with van der Waals surface area (Å²) in [7, 11) is 0. The lowest BCUT2D eigenvalue weighted by Crippen LogP contribution is -2.53. The maximum Gasteiger partial charge on any atom is 0.261 e. The fraction of sp³-hybridized carbons (Fsp3) is 0.333. The lowest BCUT2D eigenvalue weighted by atomic mass is 10.1. The van der Waals surface area contributed by atoms with Gasteiger partial charge >= 0.3 is 0 Å². The Morgan fingerprint density at radius 3 is 2.41 bits per heavy atom. The summed E-state index contributed by atoms with van der Waals surface area (Å²) in [5, 5.41) is 4.97. The number of hydrogen-bond donors (Lipinski definition) is 1. The Kier molecular flexibility index (Phi) is 7.18. The molecule has 1 atom stereocenters. The van der Waals surface area contributed by atoms with E-state index in [0.29, 0.717) is 12.3 Å². The molecule has 0 aromatic heterocycles. The zero-order valence-electron chi connectivity index (χ0n) is 19.5. The van der Waals surface area contributed by atoms with E-state index in [4.69, 9.17) is 4.74 Å². The van der Waals surface area contributed by atoms with Gasteiger partial charge in [0.15, 0.2) is 6.61 Å². The predicted octanol–water partition coefficient (Wildman–Crippen LogP) is 4.86. The second-order valence-electron chi connectivity index (χ2n) is 9.19. The van der Waals surface area contributed by atoms with Crippen LogP contribution in [0.2, 0.25) is 0 Å². The van der Waals surface area contributed by atoms with Gasteiger partial charge in [-0.15, -0.1) is 0 Å². The van der Waals surface area contributed by atoms with Gasteiger partial charge in [0, 0.05) is 17.5 Å². The van der Waals surface area contributed by atoms with Crippen LogP contribution in [0.1, 0.15) is 38.8 Å². The van der Waals surface area contributed by atoms with E-state index < -0.39 is 6.04 Å². The number of nitrogens with zero attached hydrogens (tertiary/aromatic N) is 1. The first kappa shape index (κ1) is 23.3. The highest BCUT2D eigenvalue weighted by molar-refractivity contribution is 5.90. The minimum absolute atomic E-state index is 0.146. The van der Waals surface area contributed by atoms with E-state index in [9.17, 15) is 9.59 Å². The molecular formula is C27H32N2O3. The monoisotopic (exact) mass is 432 g/mol. The molecule has 0 aliphatic heterocycles. The van der Waals surface area contributed by atoms with Gasteiger partial charge < -0.3 is 15.0 Å². The Labute approximate surface area is 190 Å². The summed E-state index contributed by atoms with van der Waals surface area (Å²) < 4.78 is 5.93. The fourth-order valence-corrected chi connectivity index (χ4v) is 3.61. The van der Waals surface area contributed by atoms with Crippen LogP contribution < -0.4 is 10.1 Å². The Balaban J connectivity index is 1.81. The highest BCUT2D eigenvalue weighted by Gasteiger charge is 2.28. The molecule has 3 aromatic rings. The number of carbonyl (C=O) groups is 2. The molecule has 2 amide bonds. The first-order valence-corrected chi connectivity index (χ1v) is 10.9. The zero-order valence-corrected chi connectivity index (χ0v) is 19.5. The number of nitrogens with one attached hydrogen (secondary N) is 1. The molecule has 1 unspecified atom stereocenters. The summed E-state index contributed by atoms with van der Waals surface area (Å²) in [6.45, 7) is 9.72. The zero-order chi connectivity index (χ0) is 23.3. The van der Waals surface area contributed by atoms with Crippen molar-refractivity contribution < 1.29 is 14.3 Å². The molecule has 0 radical (unpaired) electrons. The molecule has 0 heterocycles. The van der Waals surface area contributed by atoms with Gasteiger partial charge in [-0.05, 0) is 51.6 Å². The van der Waals surface area contributed by atoms with Gasteiger partial charge in [-0.2, -0.15) is 0 Å². The quantitative estimate of drug-likeness (QED) is 0.580.